The van der Waals surface area contributed by atoms with Gasteiger partial charge >= 0.3 is 0 Å². The molecule has 1 heterocycles. The number of rotatable bonds is 4. The van der Waals surface area contributed by atoms with Gasteiger partial charge in [0, 0.05) is 13.0 Å². The first kappa shape index (κ1) is 16.5. The van der Waals surface area contributed by atoms with Crippen molar-refractivity contribution in [3.05, 3.63) is 89.0 Å². The number of hydrogen-bond acceptors (Lipinski definition) is 2. The summed E-state index contributed by atoms with van der Waals surface area (Å²) < 4.78 is 2.01. The molecule has 3 aromatic rings. The smallest absolute Gasteiger partial charge is 0.156 e. The highest BCUT2D eigenvalue weighted by Crippen LogP contribution is 2.37. The fraction of sp³-hybridized carbons (Fsp3) is 0.286. The van der Waals surface area contributed by atoms with E-state index in [0.29, 0.717) is 5.92 Å². The summed E-state index contributed by atoms with van der Waals surface area (Å²) in [5.41, 5.74) is 2.40. The SMILES string of the molecule is Cc1ccc(C(O)(c2ccccc2)c2cnc(C(C)C)n2C)cc1. The number of aryl methyl sites for hydroxylation is 1. The molecule has 0 fully saturated rings. The van der Waals surface area contributed by atoms with Gasteiger partial charge in [0.2, 0.25) is 0 Å². The van der Waals surface area contributed by atoms with Gasteiger partial charge in [0.25, 0.3) is 0 Å². The van der Waals surface area contributed by atoms with E-state index in [4.69, 9.17) is 0 Å². The minimum atomic E-state index is -1.23. The molecule has 1 unspecified atom stereocenters. The Kier molecular flexibility index (Phi) is 4.29. The molecule has 0 saturated heterocycles. The van der Waals surface area contributed by atoms with Crippen LogP contribution in [0.1, 0.15) is 48.0 Å². The molecule has 0 spiro atoms. The maximum Gasteiger partial charge on any atom is 0.156 e. The Hall–Kier alpha value is -2.39. The summed E-state index contributed by atoms with van der Waals surface area (Å²) in [5, 5.41) is 11.8. The molecule has 3 nitrogen and oxygen atoms in total. The van der Waals surface area contributed by atoms with E-state index in [1.54, 1.807) is 6.20 Å². The van der Waals surface area contributed by atoms with Crippen molar-refractivity contribution in [2.24, 2.45) is 7.05 Å². The average Bonchev–Trinajstić information content (AvgIpc) is 2.98. The van der Waals surface area contributed by atoms with Crippen molar-refractivity contribution in [1.29, 1.82) is 0 Å². The van der Waals surface area contributed by atoms with Crippen LogP contribution in [-0.4, -0.2) is 14.7 Å². The standard InChI is InChI=1S/C21H24N2O/c1-15(2)20-22-14-19(23(20)4)21(24,17-8-6-5-7-9-17)18-12-10-16(3)11-13-18/h5-15,24H,1-4H3. The lowest BCUT2D eigenvalue weighted by molar-refractivity contribution is 0.117. The third-order valence-corrected chi connectivity index (χ3v) is 4.57. The van der Waals surface area contributed by atoms with Crippen LogP contribution in [0.4, 0.5) is 0 Å². The number of benzene rings is 2. The molecular weight excluding hydrogens is 296 g/mol. The van der Waals surface area contributed by atoms with Crippen molar-refractivity contribution < 1.29 is 5.11 Å². The summed E-state index contributed by atoms with van der Waals surface area (Å²) in [6.45, 7) is 6.27. The third-order valence-electron chi connectivity index (χ3n) is 4.57. The summed E-state index contributed by atoms with van der Waals surface area (Å²) in [6.07, 6.45) is 1.79. The molecule has 0 aliphatic carbocycles. The second kappa shape index (κ2) is 6.25. The molecular formula is C21H24N2O. The molecule has 3 heteroatoms. The van der Waals surface area contributed by atoms with Crippen LogP contribution in [0, 0.1) is 6.92 Å². The predicted molar refractivity (Wildman–Crippen MR) is 97.0 cm³/mol. The Labute approximate surface area is 143 Å². The van der Waals surface area contributed by atoms with Gasteiger partial charge in [0.05, 0.1) is 11.9 Å². The molecule has 124 valence electrons. The van der Waals surface area contributed by atoms with Crippen molar-refractivity contribution in [3.8, 4) is 0 Å². The van der Waals surface area contributed by atoms with Gasteiger partial charge in [-0.05, 0) is 18.1 Å². The van der Waals surface area contributed by atoms with E-state index in [1.807, 2.05) is 73.1 Å². The molecule has 0 radical (unpaired) electrons. The molecule has 0 aliphatic rings. The summed E-state index contributed by atoms with van der Waals surface area (Å²) in [5.74, 6) is 1.26. The normalized spacial score (nSPS) is 13.9. The second-order valence-electron chi connectivity index (χ2n) is 6.66. The maximum absolute atomic E-state index is 11.8. The number of aromatic nitrogens is 2. The summed E-state index contributed by atoms with van der Waals surface area (Å²) in [4.78, 5) is 4.55. The van der Waals surface area contributed by atoms with E-state index in [0.717, 1.165) is 22.6 Å². The molecule has 1 N–H and O–H groups in total. The predicted octanol–water partition coefficient (Wildman–Crippen LogP) is 4.14. The Bertz CT molecular complexity index is 819. The number of nitrogens with zero attached hydrogens (tertiary/aromatic N) is 2. The molecule has 1 aromatic heterocycles. The van der Waals surface area contributed by atoms with Crippen LogP contribution < -0.4 is 0 Å². The van der Waals surface area contributed by atoms with E-state index in [1.165, 1.54) is 5.56 Å². The summed E-state index contributed by atoms with van der Waals surface area (Å²) >= 11 is 0. The Morgan fingerprint density at radius 1 is 0.958 bits per heavy atom. The Morgan fingerprint density at radius 3 is 2.08 bits per heavy atom. The van der Waals surface area contributed by atoms with E-state index in [2.05, 4.69) is 18.8 Å². The number of hydrogen-bond donors (Lipinski definition) is 1. The first-order valence-electron chi connectivity index (χ1n) is 8.31. The van der Waals surface area contributed by atoms with Crippen LogP contribution in [0.5, 0.6) is 0 Å². The van der Waals surface area contributed by atoms with Gasteiger partial charge in [-0.1, -0.05) is 74.0 Å². The molecule has 1 atom stereocenters. The van der Waals surface area contributed by atoms with Gasteiger partial charge in [0.15, 0.2) is 5.60 Å². The molecule has 0 amide bonds. The largest absolute Gasteiger partial charge is 0.374 e. The third kappa shape index (κ3) is 2.65. The van der Waals surface area contributed by atoms with Gasteiger partial charge in [-0.2, -0.15) is 0 Å². The van der Waals surface area contributed by atoms with Gasteiger partial charge in [-0.25, -0.2) is 4.98 Å². The molecule has 0 aliphatic heterocycles. The lowest BCUT2D eigenvalue weighted by Gasteiger charge is -2.30. The topological polar surface area (TPSA) is 38.1 Å². The molecule has 3 rings (SSSR count). The van der Waals surface area contributed by atoms with Crippen molar-refractivity contribution in [1.82, 2.24) is 9.55 Å². The van der Waals surface area contributed by atoms with E-state index >= 15 is 0 Å². The zero-order chi connectivity index (χ0) is 17.3. The zero-order valence-electron chi connectivity index (χ0n) is 14.7. The average molecular weight is 320 g/mol. The fourth-order valence-corrected chi connectivity index (χ4v) is 3.23. The number of imidazole rings is 1. The van der Waals surface area contributed by atoms with Crippen molar-refractivity contribution in [2.75, 3.05) is 0 Å². The Balaban J connectivity index is 2.25. The molecule has 0 bridgehead atoms. The van der Waals surface area contributed by atoms with Gasteiger partial charge in [0.1, 0.15) is 5.82 Å². The monoisotopic (exact) mass is 320 g/mol. The fourth-order valence-electron chi connectivity index (χ4n) is 3.23. The van der Waals surface area contributed by atoms with Crippen LogP contribution in [0.25, 0.3) is 0 Å². The first-order chi connectivity index (χ1) is 11.4. The lowest BCUT2D eigenvalue weighted by Crippen LogP contribution is -2.31. The highest BCUT2D eigenvalue weighted by atomic mass is 16.3. The second-order valence-corrected chi connectivity index (χ2v) is 6.66. The van der Waals surface area contributed by atoms with Gasteiger partial charge < -0.3 is 9.67 Å². The van der Waals surface area contributed by atoms with Crippen LogP contribution in [0.15, 0.2) is 60.8 Å². The van der Waals surface area contributed by atoms with Crippen LogP contribution in [-0.2, 0) is 12.6 Å². The quantitative estimate of drug-likeness (QED) is 0.784. The van der Waals surface area contributed by atoms with Crippen molar-refractivity contribution >= 4 is 0 Å². The lowest BCUT2D eigenvalue weighted by atomic mass is 9.83. The van der Waals surface area contributed by atoms with Crippen LogP contribution in [0.2, 0.25) is 0 Å². The van der Waals surface area contributed by atoms with E-state index in [9.17, 15) is 5.11 Å². The zero-order valence-corrected chi connectivity index (χ0v) is 14.7. The van der Waals surface area contributed by atoms with Gasteiger partial charge in [-0.15, -0.1) is 0 Å². The highest BCUT2D eigenvalue weighted by molar-refractivity contribution is 5.45. The minimum absolute atomic E-state index is 0.293. The van der Waals surface area contributed by atoms with E-state index < -0.39 is 5.60 Å². The van der Waals surface area contributed by atoms with Crippen LogP contribution >= 0.6 is 0 Å². The van der Waals surface area contributed by atoms with Crippen LogP contribution in [0.3, 0.4) is 0 Å². The summed E-state index contributed by atoms with van der Waals surface area (Å²) in [7, 11) is 1.97. The Morgan fingerprint density at radius 2 is 1.54 bits per heavy atom. The molecule has 2 aromatic carbocycles. The van der Waals surface area contributed by atoms with Crippen molar-refractivity contribution in [2.45, 2.75) is 32.3 Å². The minimum Gasteiger partial charge on any atom is -0.374 e. The van der Waals surface area contributed by atoms with Crippen molar-refractivity contribution in [3.63, 3.8) is 0 Å². The number of aliphatic hydroxyl groups is 1. The summed E-state index contributed by atoms with van der Waals surface area (Å²) in [6, 6.07) is 17.8. The van der Waals surface area contributed by atoms with Gasteiger partial charge in [-0.3, -0.25) is 0 Å². The maximum atomic E-state index is 11.8. The highest BCUT2D eigenvalue weighted by Gasteiger charge is 2.37. The van der Waals surface area contributed by atoms with E-state index in [-0.39, 0.29) is 0 Å². The first-order valence-corrected chi connectivity index (χ1v) is 8.31. The molecule has 24 heavy (non-hydrogen) atoms. The molecule has 0 saturated carbocycles.